The summed E-state index contributed by atoms with van der Waals surface area (Å²) in [5.74, 6) is 2.52. The molecule has 0 radical (unpaired) electrons. The SMILES string of the molecule is C=CC(=O)OC(C)CSC(C)(C)C.C=CC(=O)OC(C)CSC(C)C.C=CC(=O)OCC(CSC(C)(C)C)OC(=O)C=C.C=CC(=O)OCC(CSC(C)C)OC(=O)C=C.C=CC(=O)OCCCSC(C)(C)C.C=CC(=O)OCCCSC(C)C.C=CC(=O)OCCSC(C)(C)C.C=CC(=O)OCCSC(C)C.C=CC(=O)OCSC(C)(C)C.C=CC(=O)OCSC(C)C. The van der Waals surface area contributed by atoms with Gasteiger partial charge in [-0.05, 0) is 59.2 Å². The van der Waals surface area contributed by atoms with Crippen molar-refractivity contribution in [2.45, 2.75) is 274 Å². The molecule has 0 aliphatic heterocycles. The summed E-state index contributed by atoms with van der Waals surface area (Å²) in [7, 11) is 0. The molecule has 0 amide bonds. The van der Waals surface area contributed by atoms with Gasteiger partial charge in [0.25, 0.3) is 0 Å². The van der Waals surface area contributed by atoms with Gasteiger partial charge in [-0.15, -0.1) is 23.5 Å². The maximum atomic E-state index is 11.2. The molecular weight excluding hydrogens is 1850 g/mol. The second kappa shape index (κ2) is 92.5. The van der Waals surface area contributed by atoms with Crippen molar-refractivity contribution < 1.29 is 114 Å². The van der Waals surface area contributed by atoms with Gasteiger partial charge in [0.2, 0.25) is 0 Å². The molecule has 746 valence electrons. The van der Waals surface area contributed by atoms with Crippen molar-refractivity contribution in [2.75, 3.05) is 97.5 Å². The van der Waals surface area contributed by atoms with Gasteiger partial charge in [-0.1, -0.05) is 252 Å². The van der Waals surface area contributed by atoms with Crippen LogP contribution in [0.25, 0.3) is 0 Å². The van der Waals surface area contributed by atoms with Crippen LogP contribution in [0.3, 0.4) is 0 Å². The van der Waals surface area contributed by atoms with Crippen molar-refractivity contribution in [1.82, 2.24) is 0 Å². The largest absolute Gasteiger partial charge is 0.463 e. The van der Waals surface area contributed by atoms with Crippen LogP contribution in [0.1, 0.15) is 200 Å². The molecule has 0 saturated heterocycles. The van der Waals surface area contributed by atoms with Gasteiger partial charge in [-0.2, -0.15) is 94.1 Å². The number of hydrogen-bond donors (Lipinski definition) is 0. The highest BCUT2D eigenvalue weighted by Gasteiger charge is 2.22. The van der Waals surface area contributed by atoms with Gasteiger partial charge in [-0.25, -0.2) is 57.5 Å². The Hall–Kier alpha value is -5.98. The zero-order valence-corrected chi connectivity index (χ0v) is 90.9. The summed E-state index contributed by atoms with van der Waals surface area (Å²) in [6, 6.07) is 0. The van der Waals surface area contributed by atoms with Crippen molar-refractivity contribution in [3.63, 3.8) is 0 Å². The van der Waals surface area contributed by atoms with Crippen LogP contribution < -0.4 is 0 Å². The Labute approximate surface area is 820 Å². The Bertz CT molecular complexity index is 3160. The Morgan fingerprint density at radius 3 is 0.806 bits per heavy atom. The van der Waals surface area contributed by atoms with Crippen LogP contribution in [0.2, 0.25) is 0 Å². The van der Waals surface area contributed by atoms with Crippen molar-refractivity contribution in [3.8, 4) is 0 Å². The second-order valence-corrected chi connectivity index (χ2v) is 49.1. The molecule has 129 heavy (non-hydrogen) atoms. The fraction of sp³-hybridized carbons (Fsp3) is 0.621. The van der Waals surface area contributed by atoms with Gasteiger partial charge in [0.1, 0.15) is 62.7 Å². The fourth-order valence-corrected chi connectivity index (χ4v) is 13.1. The monoisotopic (exact) mass is 2010 g/mol. The number of ether oxygens (including phenoxy) is 12. The molecule has 24 nitrogen and oxygen atoms in total. The van der Waals surface area contributed by atoms with Crippen LogP contribution in [-0.2, 0) is 114 Å². The molecule has 0 aliphatic rings. The van der Waals surface area contributed by atoms with E-state index in [0.29, 0.717) is 80.8 Å². The molecule has 0 N–H and O–H groups in total. The minimum absolute atomic E-state index is 0.0213. The van der Waals surface area contributed by atoms with E-state index in [9.17, 15) is 57.5 Å². The van der Waals surface area contributed by atoms with Crippen LogP contribution >= 0.6 is 118 Å². The van der Waals surface area contributed by atoms with E-state index >= 15 is 0 Å². The standard InChI is InChI=1S/C13H20O4S.C12H18O4S.2C10H18O2S.3C9H16O2S.2C8H14O2S.C7H12O2S/c1-6-11(14)16-8-10(17-12(15)7-2)9-18-13(3,4)5;1-5-11(13)15-7-10(8-17-9(3)4)16-12(14)6-2;1-6-9(11)12-8(2)7-13-10(3,4)5;1-5-9(11)12-7-6-8-13-10(2,3)4;1-5-8(10)11-6-7-12-9(2,3)4;1-5-9(10)11-8(4)6-12-7(2)3;1-4-9(10)11-6-5-7-12-8(2)3;1-5-7(9)10-6-11-8(2,3)4;1-4-8(9)10-5-6-11-7(2)3;1-4-7(8)9-5-10-6(2)3/h6-7,10H,1-2,8-9H2,3-5H3;5-6,9-10H,1-2,7-8H2,3-4H3;6,8H,1,7H2,2-5H3;5H,1,6-8H2,2-4H3;5H,1,6-7H2,2-4H3;5,7-8H,1,6H2,2-4H3;4,8H,1,5-7H2,2-3H3;5H,1,6H2,2-4H3;4,7H,1,5-6H2,2-3H3;4,6H,1,5H2,2-3H3. The van der Waals surface area contributed by atoms with Crippen LogP contribution in [0, 0.1) is 0 Å². The first-order chi connectivity index (χ1) is 59.5. The number of thioether (sulfide) groups is 10. The molecule has 0 fully saturated rings. The molecule has 0 bridgehead atoms. The van der Waals surface area contributed by atoms with Gasteiger partial charge in [0.15, 0.2) is 0 Å². The third-order valence-electron chi connectivity index (χ3n) is 11.7. The molecule has 34 heteroatoms. The fourth-order valence-electron chi connectivity index (χ4n) is 5.95. The molecule has 4 unspecified atom stereocenters. The summed E-state index contributed by atoms with van der Waals surface area (Å²) in [6.07, 6.45) is 14.6. The Morgan fingerprint density at radius 1 is 0.233 bits per heavy atom. The number of rotatable bonds is 51. The minimum atomic E-state index is -0.532. The van der Waals surface area contributed by atoms with Gasteiger partial charge >= 0.3 is 71.6 Å². The normalized spacial score (nSPS) is 11.3. The average Bonchev–Trinajstić information content (AvgIpc) is 0.936. The molecule has 0 aromatic carbocycles. The predicted octanol–water partition coefficient (Wildman–Crippen LogP) is 22.2. The van der Waals surface area contributed by atoms with E-state index in [2.05, 4.69) is 224 Å². The Balaban J connectivity index is -0.000000153. The number of esters is 12. The van der Waals surface area contributed by atoms with Crippen LogP contribution in [0.4, 0.5) is 0 Å². The highest BCUT2D eigenvalue weighted by molar-refractivity contribution is 8.02. The van der Waals surface area contributed by atoms with Crippen molar-refractivity contribution in [3.05, 3.63) is 152 Å². The lowest BCUT2D eigenvalue weighted by Gasteiger charge is -2.22. The minimum Gasteiger partial charge on any atom is -0.463 e. The summed E-state index contributed by atoms with van der Waals surface area (Å²) >= 11 is 17.3. The van der Waals surface area contributed by atoms with Gasteiger partial charge < -0.3 is 56.8 Å². The predicted molar refractivity (Wildman–Crippen MR) is 559 cm³/mol. The van der Waals surface area contributed by atoms with Crippen LogP contribution in [0.15, 0.2) is 152 Å². The smallest absolute Gasteiger partial charge is 0.330 e. The van der Waals surface area contributed by atoms with E-state index in [0.717, 1.165) is 71.7 Å². The second-order valence-electron chi connectivity index (χ2n) is 31.7. The summed E-state index contributed by atoms with van der Waals surface area (Å²) in [4.78, 5) is 129. The summed E-state index contributed by atoms with van der Waals surface area (Å²) in [6.45, 7) is 98.1. The van der Waals surface area contributed by atoms with Gasteiger partial charge in [0.05, 0.1) is 13.2 Å². The third kappa shape index (κ3) is 143. The summed E-state index contributed by atoms with van der Waals surface area (Å²) in [5, 5.41) is 2.74. The molecule has 0 saturated carbocycles. The van der Waals surface area contributed by atoms with E-state index in [1.165, 1.54) is 48.6 Å². The first-order valence-corrected chi connectivity index (χ1v) is 51.6. The van der Waals surface area contributed by atoms with E-state index in [1.54, 1.807) is 94.1 Å². The lowest BCUT2D eigenvalue weighted by Crippen LogP contribution is -2.28. The van der Waals surface area contributed by atoms with E-state index in [-0.39, 0.29) is 92.2 Å². The highest BCUT2D eigenvalue weighted by Crippen LogP contribution is 2.28. The number of carbonyl (C=O) groups is 12. The van der Waals surface area contributed by atoms with E-state index in [1.807, 2.05) is 65.1 Å². The van der Waals surface area contributed by atoms with Gasteiger partial charge in [0, 0.05) is 136 Å². The van der Waals surface area contributed by atoms with Crippen molar-refractivity contribution >= 4 is 189 Å². The van der Waals surface area contributed by atoms with E-state index in [4.69, 9.17) is 56.8 Å². The number of carbonyl (C=O) groups excluding carboxylic acids is 12. The Morgan fingerprint density at radius 2 is 0.481 bits per heavy atom. The molecule has 0 aliphatic carbocycles. The zero-order valence-electron chi connectivity index (χ0n) is 82.7. The third-order valence-corrected chi connectivity index (χ3v) is 24.1. The lowest BCUT2D eigenvalue weighted by molar-refractivity contribution is -0.151. The first kappa shape index (κ1) is 143. The average molecular weight is 2010 g/mol. The number of hydrogen-bond acceptors (Lipinski definition) is 34. The highest BCUT2D eigenvalue weighted by atomic mass is 32.2. The first-order valence-electron chi connectivity index (χ1n) is 41.5. The molecule has 0 aromatic rings. The Kier molecular flexibility index (Phi) is 103. The summed E-state index contributed by atoms with van der Waals surface area (Å²) < 4.78 is 59.5. The quantitative estimate of drug-likeness (QED) is 0.0179. The van der Waals surface area contributed by atoms with Crippen molar-refractivity contribution in [2.24, 2.45) is 0 Å². The zero-order chi connectivity index (χ0) is 102. The molecule has 0 rings (SSSR count). The van der Waals surface area contributed by atoms with Crippen LogP contribution in [0.5, 0.6) is 0 Å². The lowest BCUT2D eigenvalue weighted by atomic mass is 10.3. The molecule has 0 heterocycles. The van der Waals surface area contributed by atoms with Crippen LogP contribution in [-0.4, -0.2) is 244 Å². The maximum Gasteiger partial charge on any atom is 0.330 e. The maximum absolute atomic E-state index is 11.2. The molecular formula is C95H162O24S10. The molecule has 0 spiro atoms. The van der Waals surface area contributed by atoms with Crippen molar-refractivity contribution in [1.29, 1.82) is 0 Å². The van der Waals surface area contributed by atoms with E-state index < -0.39 is 36.1 Å². The van der Waals surface area contributed by atoms with Gasteiger partial charge in [-0.3, -0.25) is 0 Å². The molecule has 0 aromatic heterocycles. The molecule has 4 atom stereocenters. The topological polar surface area (TPSA) is 316 Å². The summed E-state index contributed by atoms with van der Waals surface area (Å²) in [5.41, 5.74) is 0.